The lowest BCUT2D eigenvalue weighted by molar-refractivity contribution is 0.883. The topological polar surface area (TPSA) is 61.9 Å². The van der Waals surface area contributed by atoms with Crippen LogP contribution in [-0.2, 0) is 13.0 Å². The van der Waals surface area contributed by atoms with Gasteiger partial charge in [-0.15, -0.1) is 0 Å². The summed E-state index contributed by atoms with van der Waals surface area (Å²) in [5.41, 5.74) is 7.78. The highest BCUT2D eigenvalue weighted by atomic mass is 127. The molecule has 0 bridgehead atoms. The van der Waals surface area contributed by atoms with Gasteiger partial charge < -0.3 is 11.1 Å². The van der Waals surface area contributed by atoms with Gasteiger partial charge in [-0.2, -0.15) is 0 Å². The van der Waals surface area contributed by atoms with Crippen molar-refractivity contribution in [2.24, 2.45) is 5.73 Å². The van der Waals surface area contributed by atoms with E-state index in [2.05, 4.69) is 44.7 Å². The number of aryl methyl sites for hydroxylation is 1. The molecule has 1 aromatic carbocycles. The fourth-order valence-corrected chi connectivity index (χ4v) is 2.61. The molecule has 1 aromatic rings. The maximum absolute atomic E-state index is 7.10. The van der Waals surface area contributed by atoms with Crippen LogP contribution >= 0.6 is 30.1 Å². The van der Waals surface area contributed by atoms with Gasteiger partial charge in [0.1, 0.15) is 0 Å². The minimum atomic E-state index is 0.0201. The molecule has 0 saturated carbocycles. The number of halogens is 1. The minimum absolute atomic E-state index is 0.0201. The first-order chi connectivity index (χ1) is 7.72. The van der Waals surface area contributed by atoms with Crippen LogP contribution in [-0.4, -0.2) is 11.7 Å². The molecule has 88 valence electrons. The van der Waals surface area contributed by atoms with Gasteiger partial charge in [0, 0.05) is 12.3 Å². The van der Waals surface area contributed by atoms with Crippen molar-refractivity contribution in [3.8, 4) is 0 Å². The Morgan fingerprint density at radius 2 is 2.19 bits per heavy atom. The zero-order chi connectivity index (χ0) is 11.8. The zero-order valence-corrected chi connectivity index (χ0v) is 12.0. The van der Waals surface area contributed by atoms with Gasteiger partial charge in [0.2, 0.25) is 0 Å². The number of guanidine groups is 1. The van der Waals surface area contributed by atoms with E-state index in [0.717, 1.165) is 6.42 Å². The Morgan fingerprint density at radius 3 is 2.88 bits per heavy atom. The van der Waals surface area contributed by atoms with E-state index in [1.807, 2.05) is 15.0 Å². The summed E-state index contributed by atoms with van der Waals surface area (Å²) in [5, 5.41) is 9.91. The second-order valence-electron chi connectivity index (χ2n) is 3.50. The molecule has 0 saturated heterocycles. The summed E-state index contributed by atoms with van der Waals surface area (Å²) >= 11 is 2.33. The van der Waals surface area contributed by atoms with Crippen LogP contribution in [0.1, 0.15) is 17.5 Å². The molecule has 0 fully saturated rings. The second kappa shape index (κ2) is 7.78. The Bertz CT molecular complexity index is 344. The first-order valence-corrected chi connectivity index (χ1v) is 8.64. The van der Waals surface area contributed by atoms with E-state index in [0.29, 0.717) is 6.54 Å². The highest BCUT2D eigenvalue weighted by Crippen LogP contribution is 2.14. The Hall–Kier alpha value is -0.430. The molecule has 0 aliphatic carbocycles. The summed E-state index contributed by atoms with van der Waals surface area (Å²) in [6, 6.07) is 8.43. The average molecular weight is 349 g/mol. The van der Waals surface area contributed by atoms with E-state index >= 15 is 0 Å². The number of hydrogen-bond acceptors (Lipinski definition) is 2. The molecule has 0 aliphatic heterocycles. The maximum atomic E-state index is 7.10. The molecule has 0 aliphatic rings. The Balaban J connectivity index is 2.46. The Morgan fingerprint density at radius 1 is 1.44 bits per heavy atom. The number of nitrogens with one attached hydrogen (secondary N) is 2. The maximum Gasteiger partial charge on any atom is 0.185 e. The zero-order valence-electron chi connectivity index (χ0n) is 9.00. The molecule has 0 unspecified atom stereocenters. The molecular weight excluding hydrogens is 333 g/mol. The lowest BCUT2D eigenvalue weighted by Crippen LogP contribution is -2.29. The Labute approximate surface area is 113 Å². The SMILES string of the molecule is N=C(N)NCc1cccc(CCCSI)c1. The minimum Gasteiger partial charge on any atom is -0.370 e. The monoisotopic (exact) mass is 349 g/mol. The number of hydrogen-bond donors (Lipinski definition) is 3. The van der Waals surface area contributed by atoms with E-state index < -0.39 is 0 Å². The summed E-state index contributed by atoms with van der Waals surface area (Å²) in [5.74, 6) is 1.21. The molecule has 0 heterocycles. The summed E-state index contributed by atoms with van der Waals surface area (Å²) in [6.45, 7) is 0.629. The van der Waals surface area contributed by atoms with Crippen molar-refractivity contribution in [1.29, 1.82) is 5.41 Å². The van der Waals surface area contributed by atoms with Crippen molar-refractivity contribution >= 4 is 36.1 Å². The third-order valence-electron chi connectivity index (χ3n) is 2.16. The molecule has 5 heteroatoms. The van der Waals surface area contributed by atoms with Gasteiger partial charge in [0.05, 0.1) is 0 Å². The number of benzene rings is 1. The summed E-state index contributed by atoms with van der Waals surface area (Å²) in [7, 11) is 1.85. The predicted molar refractivity (Wildman–Crippen MR) is 80.0 cm³/mol. The molecule has 0 aromatic heterocycles. The van der Waals surface area contributed by atoms with Crippen LogP contribution in [0.15, 0.2) is 24.3 Å². The molecule has 0 atom stereocenters. The molecule has 4 N–H and O–H groups in total. The smallest absolute Gasteiger partial charge is 0.185 e. The fourth-order valence-electron chi connectivity index (χ4n) is 1.42. The van der Waals surface area contributed by atoms with Crippen molar-refractivity contribution in [2.45, 2.75) is 19.4 Å². The van der Waals surface area contributed by atoms with E-state index in [1.165, 1.54) is 23.3 Å². The molecule has 3 nitrogen and oxygen atoms in total. The van der Waals surface area contributed by atoms with Crippen LogP contribution in [0.3, 0.4) is 0 Å². The van der Waals surface area contributed by atoms with E-state index in [1.54, 1.807) is 0 Å². The van der Waals surface area contributed by atoms with Gasteiger partial charge in [-0.1, -0.05) is 33.2 Å². The van der Waals surface area contributed by atoms with Crippen LogP contribution < -0.4 is 11.1 Å². The van der Waals surface area contributed by atoms with E-state index in [-0.39, 0.29) is 5.96 Å². The van der Waals surface area contributed by atoms with Crippen molar-refractivity contribution in [1.82, 2.24) is 5.32 Å². The normalized spacial score (nSPS) is 10.1. The number of rotatable bonds is 6. The van der Waals surface area contributed by atoms with Crippen LogP contribution in [0.25, 0.3) is 0 Å². The van der Waals surface area contributed by atoms with Crippen LogP contribution in [0.5, 0.6) is 0 Å². The molecule has 0 spiro atoms. The van der Waals surface area contributed by atoms with Gasteiger partial charge in [0.15, 0.2) is 5.96 Å². The molecule has 1 rings (SSSR count). The molecular formula is C11H16IN3S. The van der Waals surface area contributed by atoms with Crippen molar-refractivity contribution in [3.05, 3.63) is 35.4 Å². The van der Waals surface area contributed by atoms with Gasteiger partial charge >= 0.3 is 0 Å². The summed E-state index contributed by atoms with van der Waals surface area (Å²) < 4.78 is 0. The highest BCUT2D eigenvalue weighted by molar-refractivity contribution is 14.2. The molecule has 16 heavy (non-hydrogen) atoms. The van der Waals surface area contributed by atoms with Gasteiger partial charge in [-0.3, -0.25) is 5.41 Å². The van der Waals surface area contributed by atoms with E-state index in [4.69, 9.17) is 11.1 Å². The van der Waals surface area contributed by atoms with E-state index in [9.17, 15) is 0 Å². The van der Waals surface area contributed by atoms with Crippen molar-refractivity contribution in [2.75, 3.05) is 5.75 Å². The molecule has 0 radical (unpaired) electrons. The first kappa shape index (κ1) is 13.6. The highest BCUT2D eigenvalue weighted by Gasteiger charge is 1.97. The van der Waals surface area contributed by atoms with Crippen LogP contribution in [0, 0.1) is 5.41 Å². The number of nitrogens with two attached hydrogens (primary N) is 1. The largest absolute Gasteiger partial charge is 0.370 e. The lowest BCUT2D eigenvalue weighted by atomic mass is 10.1. The third kappa shape index (κ3) is 5.60. The average Bonchev–Trinajstić information content (AvgIpc) is 2.27. The van der Waals surface area contributed by atoms with Gasteiger partial charge in [-0.05, 0) is 45.2 Å². The summed E-state index contributed by atoms with van der Waals surface area (Å²) in [6.07, 6.45) is 2.32. The quantitative estimate of drug-likeness (QED) is 0.320. The lowest BCUT2D eigenvalue weighted by Gasteiger charge is -2.06. The molecule has 0 amide bonds. The van der Waals surface area contributed by atoms with Crippen molar-refractivity contribution < 1.29 is 0 Å². The standard InChI is InChI=1S/C11H16IN3S/c12-16-6-2-5-9-3-1-4-10(7-9)8-15-11(13)14/h1,3-4,7H,2,5-6,8H2,(H4,13,14,15). The third-order valence-corrected chi connectivity index (χ3v) is 3.93. The predicted octanol–water partition coefficient (Wildman–Crippen LogP) is 2.69. The second-order valence-corrected chi connectivity index (χ2v) is 6.00. The Kier molecular flexibility index (Phi) is 6.63. The first-order valence-electron chi connectivity index (χ1n) is 5.11. The fraction of sp³-hybridized carbons (Fsp3) is 0.364. The van der Waals surface area contributed by atoms with Crippen molar-refractivity contribution in [3.63, 3.8) is 0 Å². The van der Waals surface area contributed by atoms with Gasteiger partial charge in [0.25, 0.3) is 0 Å². The van der Waals surface area contributed by atoms with Crippen LogP contribution in [0.4, 0.5) is 0 Å². The van der Waals surface area contributed by atoms with Gasteiger partial charge in [-0.25, -0.2) is 0 Å². The van der Waals surface area contributed by atoms with Crippen LogP contribution in [0.2, 0.25) is 0 Å². The summed E-state index contributed by atoms with van der Waals surface area (Å²) in [4.78, 5) is 0.